The van der Waals surface area contributed by atoms with Crippen molar-refractivity contribution in [3.05, 3.63) is 146 Å². The predicted molar refractivity (Wildman–Crippen MR) is 217 cm³/mol. The van der Waals surface area contributed by atoms with Crippen molar-refractivity contribution >= 4 is 22.8 Å². The van der Waals surface area contributed by atoms with Gasteiger partial charge in [-0.25, -0.2) is 0 Å². The number of carbonyl (C=O) groups excluding carboxylic acids is 1. The number of Topliss-reactive ketones (excluding diaryl/α,β-unsaturated/α-hetero) is 1. The number of piperidine rings is 1. The topological polar surface area (TPSA) is 55.8 Å². The normalized spacial score (nSPS) is 28.5. The van der Waals surface area contributed by atoms with E-state index in [1.807, 2.05) is 17.5 Å². The van der Waals surface area contributed by atoms with Gasteiger partial charge in [0.15, 0.2) is 5.78 Å². The average molecular weight is 724 g/mol. The molecule has 1 aromatic heterocycles. The summed E-state index contributed by atoms with van der Waals surface area (Å²) in [4.78, 5) is 21.0. The van der Waals surface area contributed by atoms with Gasteiger partial charge in [0.05, 0.1) is 0 Å². The molecule has 5 aliphatic rings. The van der Waals surface area contributed by atoms with Gasteiger partial charge in [0.1, 0.15) is 11.7 Å². The highest BCUT2D eigenvalue weighted by Gasteiger charge is 2.56. The summed E-state index contributed by atoms with van der Waals surface area (Å²) in [5.41, 5.74) is 11.7. The molecular weight excluding hydrogens is 671 g/mol. The molecule has 4 aromatic rings. The van der Waals surface area contributed by atoms with Gasteiger partial charge in [-0.3, -0.25) is 9.69 Å². The summed E-state index contributed by atoms with van der Waals surface area (Å²) in [6, 6.07) is 31.1. The summed E-state index contributed by atoms with van der Waals surface area (Å²) in [6.07, 6.45) is 5.20. The molecule has 9 rings (SSSR count). The number of anilines is 1. The summed E-state index contributed by atoms with van der Waals surface area (Å²) in [7, 11) is 0. The molecule has 2 N–H and O–H groups in total. The van der Waals surface area contributed by atoms with E-state index >= 15 is 0 Å². The summed E-state index contributed by atoms with van der Waals surface area (Å²) >= 11 is 1.57. The number of aliphatic hydroxyl groups excluding tert-OH is 1. The fourth-order valence-electron chi connectivity index (χ4n) is 11.2. The molecule has 0 radical (unpaired) electrons. The van der Waals surface area contributed by atoms with E-state index in [1.165, 1.54) is 44.8 Å². The van der Waals surface area contributed by atoms with Crippen LogP contribution in [0, 0.1) is 17.8 Å². The third-order valence-electron chi connectivity index (χ3n) is 13.5. The lowest BCUT2D eigenvalue weighted by Crippen LogP contribution is -2.55. The Morgan fingerprint density at radius 3 is 2.43 bits per heavy atom. The van der Waals surface area contributed by atoms with Crippen LogP contribution in [-0.2, 0) is 23.1 Å². The minimum absolute atomic E-state index is 0.0354. The highest BCUT2D eigenvalue weighted by molar-refractivity contribution is 7.10. The number of allylic oxidation sites excluding steroid dienone is 2. The molecule has 5 heterocycles. The van der Waals surface area contributed by atoms with E-state index < -0.39 is 5.92 Å². The summed E-state index contributed by atoms with van der Waals surface area (Å²) < 4.78 is 0. The lowest BCUT2D eigenvalue weighted by Gasteiger charge is -2.55. The van der Waals surface area contributed by atoms with Gasteiger partial charge in [-0.1, -0.05) is 100.0 Å². The third kappa shape index (κ3) is 5.58. The van der Waals surface area contributed by atoms with Crippen LogP contribution >= 0.6 is 11.3 Å². The first-order chi connectivity index (χ1) is 25.8. The van der Waals surface area contributed by atoms with E-state index in [0.717, 1.165) is 63.2 Å². The monoisotopic (exact) mass is 723 g/mol. The Balaban J connectivity index is 1.25. The molecule has 0 spiro atoms. The van der Waals surface area contributed by atoms with Crippen molar-refractivity contribution in [3.63, 3.8) is 0 Å². The molecule has 274 valence electrons. The average Bonchev–Trinajstić information content (AvgIpc) is 3.78. The van der Waals surface area contributed by atoms with Gasteiger partial charge in [0.25, 0.3) is 0 Å². The molecule has 1 aliphatic carbocycles. The smallest absolute Gasteiger partial charge is 0.178 e. The van der Waals surface area contributed by atoms with Crippen LogP contribution in [0.1, 0.15) is 97.7 Å². The van der Waals surface area contributed by atoms with Crippen molar-refractivity contribution in [2.75, 3.05) is 31.1 Å². The number of nitrogens with one attached hydrogen (secondary N) is 1. The molecule has 0 bridgehead atoms. The summed E-state index contributed by atoms with van der Waals surface area (Å²) in [5.74, 6) is 0.0524. The second kappa shape index (κ2) is 13.7. The molecule has 1 saturated heterocycles. The van der Waals surface area contributed by atoms with Crippen LogP contribution in [0.25, 0.3) is 0 Å². The number of aliphatic hydroxyl groups is 1. The fraction of sp³-hybridized carbons (Fsp3) is 0.426. The van der Waals surface area contributed by atoms with Gasteiger partial charge in [-0.05, 0) is 102 Å². The largest absolute Gasteiger partial charge is 0.511 e. The zero-order valence-electron chi connectivity index (χ0n) is 31.6. The number of hydrogen-bond acceptors (Lipinski definition) is 6. The molecule has 5 nitrogen and oxygen atoms in total. The number of thiophene rings is 1. The molecule has 3 aromatic carbocycles. The molecule has 0 saturated carbocycles. The number of unbranched alkanes of at least 4 members (excludes halogenated alkanes) is 1. The first-order valence-corrected chi connectivity index (χ1v) is 20.9. The van der Waals surface area contributed by atoms with E-state index in [1.54, 1.807) is 11.3 Å². The fourth-order valence-corrected chi connectivity index (χ4v) is 12.0. The lowest BCUT2D eigenvalue weighted by atomic mass is 9.58. The van der Waals surface area contributed by atoms with Crippen molar-refractivity contribution in [1.29, 1.82) is 0 Å². The number of hydrogen-bond donors (Lipinski definition) is 2. The maximum atomic E-state index is 14.7. The summed E-state index contributed by atoms with van der Waals surface area (Å²) in [5, 5.41) is 18.1. The van der Waals surface area contributed by atoms with E-state index in [9.17, 15) is 9.90 Å². The Labute approximate surface area is 319 Å². The van der Waals surface area contributed by atoms with Crippen LogP contribution in [0.5, 0.6) is 0 Å². The Morgan fingerprint density at radius 1 is 0.943 bits per heavy atom. The predicted octanol–water partition coefficient (Wildman–Crippen LogP) is 9.84. The van der Waals surface area contributed by atoms with Crippen molar-refractivity contribution < 1.29 is 9.90 Å². The zero-order valence-corrected chi connectivity index (χ0v) is 32.5. The van der Waals surface area contributed by atoms with Gasteiger partial charge >= 0.3 is 0 Å². The highest BCUT2D eigenvalue weighted by Crippen LogP contribution is 2.59. The third-order valence-corrected chi connectivity index (χ3v) is 14.5. The van der Waals surface area contributed by atoms with Crippen molar-refractivity contribution in [2.45, 2.75) is 83.2 Å². The van der Waals surface area contributed by atoms with E-state index in [4.69, 9.17) is 0 Å². The van der Waals surface area contributed by atoms with Crippen LogP contribution in [0.4, 0.5) is 5.69 Å². The number of para-hydroxylation sites is 1. The Kier molecular flexibility index (Phi) is 9.00. The van der Waals surface area contributed by atoms with Crippen LogP contribution in [0.2, 0.25) is 0 Å². The van der Waals surface area contributed by atoms with E-state index in [2.05, 4.69) is 116 Å². The molecule has 4 aliphatic heterocycles. The number of nitrogens with zero attached hydrogens (tertiary/aromatic N) is 2. The van der Waals surface area contributed by atoms with Crippen LogP contribution in [0.3, 0.4) is 0 Å². The minimum Gasteiger partial charge on any atom is -0.511 e. The van der Waals surface area contributed by atoms with Gasteiger partial charge in [-0.15, -0.1) is 11.3 Å². The number of ketones is 1. The first-order valence-electron chi connectivity index (χ1n) is 20.0. The molecular formula is C47H53N3O2S. The standard InChI is InChI=1S/C47H53N3O2S/c1-5-6-24-50-38-19-12-11-18-36(38)47(3,4)46(50)29(2)35-28-49-25-22-31-15-8-10-17-33(31)43(49)40(42-44(51)41(45(42)52)39-20-13-26-53-39)34(35)27-37-32-16-9-7-14-30(32)21-23-48-37/h7-20,26,34-35,37,40-41,43,48,51H,5-6,21-25,27-28H2,1-4H3/t34-,35-,37-,40?,41?,43-/m1/s1. The first kappa shape index (κ1) is 34.8. The molecule has 6 heteroatoms. The van der Waals surface area contributed by atoms with Gasteiger partial charge in [0, 0.05) is 64.9 Å². The number of rotatable bonds is 8. The van der Waals surface area contributed by atoms with Gasteiger partial charge in [0.2, 0.25) is 0 Å². The molecule has 6 atom stereocenters. The maximum Gasteiger partial charge on any atom is 0.178 e. The highest BCUT2D eigenvalue weighted by atomic mass is 32.1. The Bertz CT molecular complexity index is 2100. The Morgan fingerprint density at radius 2 is 1.68 bits per heavy atom. The van der Waals surface area contributed by atoms with Crippen molar-refractivity contribution in [3.8, 4) is 0 Å². The molecule has 1 fully saturated rings. The quantitative estimate of drug-likeness (QED) is 0.190. The van der Waals surface area contributed by atoms with Crippen LogP contribution in [0.15, 0.2) is 113 Å². The molecule has 0 amide bonds. The summed E-state index contributed by atoms with van der Waals surface area (Å²) in [6.45, 7) is 13.4. The zero-order chi connectivity index (χ0) is 36.4. The SMILES string of the molecule is CCCCN1C(=C(C)[C@H]2CN3CCc4ccccc4[C@@H]3C(C3=C(O)C(c4cccs4)C3=O)[C@@H]2C[C@H]2NCCc3ccccc32)C(C)(C)c2ccccc21. The number of benzene rings is 3. The lowest BCUT2D eigenvalue weighted by molar-refractivity contribution is -0.121. The second-order valence-corrected chi connectivity index (χ2v) is 17.6. The van der Waals surface area contributed by atoms with Crippen molar-refractivity contribution in [1.82, 2.24) is 10.2 Å². The van der Waals surface area contributed by atoms with Crippen LogP contribution < -0.4 is 10.2 Å². The minimum atomic E-state index is -0.543. The van der Waals surface area contributed by atoms with E-state index in [-0.39, 0.29) is 41.0 Å². The number of fused-ring (bicyclic) bond motifs is 5. The Hall–Kier alpha value is -3.97. The van der Waals surface area contributed by atoms with Crippen LogP contribution in [-0.4, -0.2) is 42.0 Å². The second-order valence-electron chi connectivity index (χ2n) is 16.7. The molecule has 53 heavy (non-hydrogen) atoms. The van der Waals surface area contributed by atoms with E-state index in [0.29, 0.717) is 11.3 Å². The van der Waals surface area contributed by atoms with Gasteiger partial charge in [-0.2, -0.15) is 0 Å². The number of carbonyl (C=O) groups is 1. The van der Waals surface area contributed by atoms with Gasteiger partial charge < -0.3 is 15.3 Å². The van der Waals surface area contributed by atoms with Crippen molar-refractivity contribution in [2.24, 2.45) is 17.8 Å². The maximum absolute atomic E-state index is 14.7. The molecule has 2 unspecified atom stereocenters.